The zero-order valence-electron chi connectivity index (χ0n) is 14.7. The summed E-state index contributed by atoms with van der Waals surface area (Å²) in [5.41, 5.74) is 0. The summed E-state index contributed by atoms with van der Waals surface area (Å²) < 4.78 is 0. The molecule has 1 heterocycles. The fraction of sp³-hybridized carbons (Fsp3) is 0.688. The first-order chi connectivity index (χ1) is 11.4. The van der Waals surface area contributed by atoms with Crippen LogP contribution in [0.5, 0.6) is 0 Å². The van der Waals surface area contributed by atoms with E-state index in [9.17, 15) is 14.4 Å². The maximum absolute atomic E-state index is 12.5. The van der Waals surface area contributed by atoms with Crippen molar-refractivity contribution in [3.05, 3.63) is 12.7 Å². The van der Waals surface area contributed by atoms with Gasteiger partial charge in [0, 0.05) is 19.6 Å². The van der Waals surface area contributed by atoms with Crippen LogP contribution in [-0.4, -0.2) is 68.1 Å². The maximum Gasteiger partial charge on any atom is 0.317 e. The van der Waals surface area contributed by atoms with E-state index in [1.54, 1.807) is 32.0 Å². The Kier molecular flexibility index (Phi) is 8.25. The summed E-state index contributed by atoms with van der Waals surface area (Å²) in [6.45, 7) is 6.05. The average Bonchev–Trinajstić information content (AvgIpc) is 2.58. The third kappa shape index (κ3) is 5.84. The number of hydrogen-bond donors (Lipinski definition) is 4. The van der Waals surface area contributed by atoms with E-state index in [0.717, 1.165) is 12.8 Å². The lowest BCUT2D eigenvalue weighted by molar-refractivity contribution is -0.131. The minimum Gasteiger partial charge on any atom is -0.351 e. The summed E-state index contributed by atoms with van der Waals surface area (Å²) in [5, 5.41) is 11.1. The molecular weight excluding hydrogens is 310 g/mol. The molecule has 1 fully saturated rings. The van der Waals surface area contributed by atoms with Crippen molar-refractivity contribution in [1.29, 1.82) is 0 Å². The second-order valence-corrected chi connectivity index (χ2v) is 5.93. The van der Waals surface area contributed by atoms with E-state index in [1.807, 2.05) is 0 Å². The average molecular weight is 339 g/mol. The van der Waals surface area contributed by atoms with Gasteiger partial charge in [-0.15, -0.1) is 6.58 Å². The van der Waals surface area contributed by atoms with Crippen LogP contribution in [0.1, 0.15) is 26.2 Å². The molecule has 1 rings (SSSR count). The van der Waals surface area contributed by atoms with Crippen molar-refractivity contribution in [3.63, 3.8) is 0 Å². The van der Waals surface area contributed by atoms with Crippen molar-refractivity contribution in [3.8, 4) is 0 Å². The Labute approximate surface area is 143 Å². The van der Waals surface area contributed by atoms with Gasteiger partial charge in [0.05, 0.1) is 12.6 Å². The van der Waals surface area contributed by atoms with Gasteiger partial charge < -0.3 is 26.2 Å². The van der Waals surface area contributed by atoms with Crippen LogP contribution in [0.25, 0.3) is 0 Å². The number of hydrogen-bond acceptors (Lipinski definition) is 4. The number of carbonyl (C=O) groups excluding carboxylic acids is 3. The first kappa shape index (κ1) is 20.0. The quantitative estimate of drug-likeness (QED) is 0.493. The third-order valence-electron chi connectivity index (χ3n) is 4.18. The number of allylic oxidation sites excluding steroid dienone is 1. The molecule has 0 aromatic carbocycles. The van der Waals surface area contributed by atoms with Gasteiger partial charge in [0.1, 0.15) is 6.04 Å². The number of likely N-dealkylation sites (N-methyl/N-ethyl adjacent to an activating group) is 1. The lowest BCUT2D eigenvalue weighted by Gasteiger charge is -2.33. The van der Waals surface area contributed by atoms with Crippen LogP contribution < -0.4 is 21.3 Å². The van der Waals surface area contributed by atoms with Gasteiger partial charge in [-0.1, -0.05) is 6.08 Å². The summed E-state index contributed by atoms with van der Waals surface area (Å²) in [5.74, 6) is -0.549. The number of amides is 4. The Morgan fingerprint density at radius 3 is 2.75 bits per heavy atom. The number of nitrogens with one attached hydrogen (secondary N) is 4. The Hall–Kier alpha value is -2.09. The lowest BCUT2D eigenvalue weighted by Crippen LogP contribution is -2.60. The van der Waals surface area contributed by atoms with Crippen molar-refractivity contribution in [1.82, 2.24) is 26.2 Å². The largest absolute Gasteiger partial charge is 0.351 e. The van der Waals surface area contributed by atoms with Crippen molar-refractivity contribution in [2.45, 2.75) is 44.3 Å². The summed E-state index contributed by atoms with van der Waals surface area (Å²) in [4.78, 5) is 38.2. The molecule has 3 atom stereocenters. The predicted octanol–water partition coefficient (Wildman–Crippen LogP) is -0.425. The van der Waals surface area contributed by atoms with Gasteiger partial charge in [-0.2, -0.15) is 0 Å². The number of rotatable bonds is 6. The zero-order chi connectivity index (χ0) is 18.1. The van der Waals surface area contributed by atoms with Crippen LogP contribution in [0.2, 0.25) is 0 Å². The van der Waals surface area contributed by atoms with E-state index in [0.29, 0.717) is 13.0 Å². The molecule has 1 saturated heterocycles. The Balaban J connectivity index is 2.88. The highest BCUT2D eigenvalue weighted by molar-refractivity contribution is 5.90. The van der Waals surface area contributed by atoms with Crippen LogP contribution in [0, 0.1) is 0 Å². The van der Waals surface area contributed by atoms with Gasteiger partial charge in [-0.05, 0) is 33.2 Å². The number of nitrogens with zero attached hydrogens (tertiary/aromatic N) is 1. The summed E-state index contributed by atoms with van der Waals surface area (Å²) >= 11 is 0. The highest BCUT2D eigenvalue weighted by Crippen LogP contribution is 2.09. The fourth-order valence-electron chi connectivity index (χ4n) is 2.50. The van der Waals surface area contributed by atoms with E-state index >= 15 is 0 Å². The van der Waals surface area contributed by atoms with Crippen molar-refractivity contribution >= 4 is 17.8 Å². The number of urea groups is 1. The van der Waals surface area contributed by atoms with Crippen molar-refractivity contribution in [2.75, 3.05) is 27.2 Å². The minimum atomic E-state index is -0.780. The van der Waals surface area contributed by atoms with Gasteiger partial charge in [-0.25, -0.2) is 4.79 Å². The van der Waals surface area contributed by atoms with Crippen LogP contribution in [0.3, 0.4) is 0 Å². The van der Waals surface area contributed by atoms with Gasteiger partial charge in [-0.3, -0.25) is 9.59 Å². The van der Waals surface area contributed by atoms with Crippen LogP contribution in [0.15, 0.2) is 12.7 Å². The molecule has 0 spiro atoms. The fourth-order valence-corrected chi connectivity index (χ4v) is 2.50. The van der Waals surface area contributed by atoms with E-state index in [4.69, 9.17) is 0 Å². The molecule has 136 valence electrons. The summed E-state index contributed by atoms with van der Waals surface area (Å²) in [6.07, 6.45) is 4.00. The summed E-state index contributed by atoms with van der Waals surface area (Å²) in [6, 6.07) is -1.51. The minimum absolute atomic E-state index is 0.0518. The Morgan fingerprint density at radius 1 is 1.46 bits per heavy atom. The third-order valence-corrected chi connectivity index (χ3v) is 4.18. The second kappa shape index (κ2) is 9.92. The molecule has 0 aromatic rings. The molecule has 0 saturated carbocycles. The molecule has 24 heavy (non-hydrogen) atoms. The molecule has 1 unspecified atom stereocenters. The normalized spacial score (nSPS) is 22.6. The molecule has 4 N–H and O–H groups in total. The van der Waals surface area contributed by atoms with Crippen LogP contribution in [0.4, 0.5) is 4.79 Å². The molecule has 1 aliphatic rings. The molecule has 8 nitrogen and oxygen atoms in total. The van der Waals surface area contributed by atoms with E-state index in [1.165, 1.54) is 0 Å². The van der Waals surface area contributed by atoms with E-state index in [2.05, 4.69) is 27.8 Å². The smallest absolute Gasteiger partial charge is 0.317 e. The first-order valence-electron chi connectivity index (χ1n) is 8.28. The molecule has 8 heteroatoms. The van der Waals surface area contributed by atoms with Crippen LogP contribution in [-0.2, 0) is 9.59 Å². The SMILES string of the molecule is C=CCC[C@@H]1CCN(C(=O)NC)C[C@H](NC(=O)C(C)NC)C(=O)N1. The Bertz CT molecular complexity index is 469. The van der Waals surface area contributed by atoms with Crippen molar-refractivity contribution < 1.29 is 14.4 Å². The topological polar surface area (TPSA) is 103 Å². The molecule has 0 radical (unpaired) electrons. The van der Waals surface area contributed by atoms with Crippen LogP contribution >= 0.6 is 0 Å². The van der Waals surface area contributed by atoms with Gasteiger partial charge in [0.25, 0.3) is 0 Å². The molecular formula is C16H29N5O3. The monoisotopic (exact) mass is 339 g/mol. The van der Waals surface area contributed by atoms with Gasteiger partial charge in [0.2, 0.25) is 11.8 Å². The predicted molar refractivity (Wildman–Crippen MR) is 92.5 cm³/mol. The van der Waals surface area contributed by atoms with E-state index in [-0.39, 0.29) is 30.4 Å². The molecule has 0 aliphatic carbocycles. The molecule has 1 aliphatic heterocycles. The number of carbonyl (C=O) groups is 3. The summed E-state index contributed by atoms with van der Waals surface area (Å²) in [7, 11) is 3.22. The first-order valence-corrected chi connectivity index (χ1v) is 8.28. The van der Waals surface area contributed by atoms with Gasteiger partial charge >= 0.3 is 6.03 Å². The van der Waals surface area contributed by atoms with E-state index < -0.39 is 12.1 Å². The molecule has 4 amide bonds. The standard InChI is InChI=1S/C16H29N5O3/c1-5-6-7-12-8-9-21(16(24)18-4)10-13(15(23)19-12)20-14(22)11(2)17-3/h5,11-13,17H,1,6-10H2,2-4H3,(H,18,24)(H,19,23)(H,20,22)/t11?,12-,13+/m1/s1. The lowest BCUT2D eigenvalue weighted by atomic mass is 10.0. The van der Waals surface area contributed by atoms with Crippen molar-refractivity contribution in [2.24, 2.45) is 0 Å². The molecule has 0 bridgehead atoms. The Morgan fingerprint density at radius 2 is 2.17 bits per heavy atom. The molecule has 0 aromatic heterocycles. The highest BCUT2D eigenvalue weighted by Gasteiger charge is 2.30. The maximum atomic E-state index is 12.5. The highest BCUT2D eigenvalue weighted by atomic mass is 16.2. The second-order valence-electron chi connectivity index (χ2n) is 5.93. The van der Waals surface area contributed by atoms with Gasteiger partial charge in [0.15, 0.2) is 0 Å². The zero-order valence-corrected chi connectivity index (χ0v) is 14.7.